The molecule has 0 aliphatic heterocycles. The lowest BCUT2D eigenvalue weighted by molar-refractivity contribution is 0.0956. The first kappa shape index (κ1) is 23.2. The Hall–Kier alpha value is -3.95. The van der Waals surface area contributed by atoms with E-state index in [0.717, 1.165) is 28.2 Å². The second kappa shape index (κ2) is 10.8. The van der Waals surface area contributed by atoms with E-state index in [0.29, 0.717) is 6.61 Å². The maximum Gasteiger partial charge on any atom is 0.273 e. The van der Waals surface area contributed by atoms with Crippen LogP contribution in [-0.2, 0) is 16.6 Å². The molecule has 3 aromatic carbocycles. The second-order valence-electron chi connectivity index (χ2n) is 7.13. The summed E-state index contributed by atoms with van der Waals surface area (Å²) in [5.41, 5.74) is 4.60. The Bertz CT molecular complexity index is 1370. The molecule has 0 bridgehead atoms. The zero-order valence-electron chi connectivity index (χ0n) is 17.9. The predicted octanol–water partition coefficient (Wildman–Crippen LogP) is 4.89. The Labute approximate surface area is 201 Å². The zero-order chi connectivity index (χ0) is 23.8. The highest BCUT2D eigenvalue weighted by Crippen LogP contribution is 2.23. The first-order valence-electron chi connectivity index (χ1n) is 10.3. The molecule has 0 fully saturated rings. The van der Waals surface area contributed by atoms with E-state index in [-0.39, 0.29) is 15.5 Å². The van der Waals surface area contributed by atoms with Gasteiger partial charge in [-0.25, -0.2) is 13.8 Å². The monoisotopic (exact) mass is 491 g/mol. The molecule has 0 radical (unpaired) electrons. The van der Waals surface area contributed by atoms with Gasteiger partial charge in [0.25, 0.3) is 15.9 Å². The molecule has 0 saturated carbocycles. The molecular formula is C25H21N3O4S2. The van der Waals surface area contributed by atoms with Gasteiger partial charge in [0.1, 0.15) is 16.6 Å². The van der Waals surface area contributed by atoms with Gasteiger partial charge < -0.3 is 4.74 Å². The van der Waals surface area contributed by atoms with E-state index in [1.54, 1.807) is 23.6 Å². The summed E-state index contributed by atoms with van der Waals surface area (Å²) < 4.78 is 33.4. The number of para-hydroxylation sites is 1. The van der Waals surface area contributed by atoms with Crippen LogP contribution < -0.4 is 14.9 Å². The van der Waals surface area contributed by atoms with Crippen LogP contribution in [0.4, 0.5) is 5.69 Å². The summed E-state index contributed by atoms with van der Waals surface area (Å²) in [6.07, 6.45) is 1.50. The Balaban J connectivity index is 1.36. The maximum atomic E-state index is 12.6. The summed E-state index contributed by atoms with van der Waals surface area (Å²) in [6.45, 7) is 0.472. The van der Waals surface area contributed by atoms with E-state index in [4.69, 9.17) is 4.74 Å². The van der Waals surface area contributed by atoms with Crippen LogP contribution in [0.3, 0.4) is 0 Å². The number of nitrogens with one attached hydrogen (secondary N) is 2. The van der Waals surface area contributed by atoms with Crippen molar-refractivity contribution in [3.63, 3.8) is 0 Å². The third-order valence-electron chi connectivity index (χ3n) is 4.68. The van der Waals surface area contributed by atoms with Gasteiger partial charge in [0.05, 0.1) is 17.5 Å². The summed E-state index contributed by atoms with van der Waals surface area (Å²) >= 11 is 1.09. The van der Waals surface area contributed by atoms with Gasteiger partial charge in [0.2, 0.25) is 0 Å². The second-order valence-corrected chi connectivity index (χ2v) is 9.98. The Morgan fingerprint density at radius 2 is 1.65 bits per heavy atom. The van der Waals surface area contributed by atoms with Crippen LogP contribution in [0.2, 0.25) is 0 Å². The molecule has 9 heteroatoms. The van der Waals surface area contributed by atoms with Gasteiger partial charge in [-0.1, -0.05) is 48.5 Å². The lowest BCUT2D eigenvalue weighted by atomic mass is 10.2. The molecule has 0 spiro atoms. The number of nitrogens with zero attached hydrogens (tertiary/aromatic N) is 1. The van der Waals surface area contributed by atoms with Crippen molar-refractivity contribution >= 4 is 39.2 Å². The summed E-state index contributed by atoms with van der Waals surface area (Å²) in [4.78, 5) is 12.6. The van der Waals surface area contributed by atoms with Crippen molar-refractivity contribution in [2.75, 3.05) is 4.72 Å². The Morgan fingerprint density at radius 1 is 0.912 bits per heavy atom. The van der Waals surface area contributed by atoms with Crippen LogP contribution in [0.1, 0.15) is 21.5 Å². The molecule has 4 rings (SSSR count). The molecule has 0 saturated heterocycles. The Morgan fingerprint density at radius 3 is 2.38 bits per heavy atom. The zero-order valence-corrected chi connectivity index (χ0v) is 19.6. The van der Waals surface area contributed by atoms with Crippen molar-refractivity contribution < 1.29 is 17.9 Å². The van der Waals surface area contributed by atoms with Crippen molar-refractivity contribution in [3.05, 3.63) is 113 Å². The number of sulfonamides is 1. The van der Waals surface area contributed by atoms with E-state index in [2.05, 4.69) is 15.2 Å². The minimum Gasteiger partial charge on any atom is -0.489 e. The highest BCUT2D eigenvalue weighted by atomic mass is 32.2. The molecular weight excluding hydrogens is 470 g/mol. The number of hydrogen-bond donors (Lipinski definition) is 2. The molecule has 0 atom stereocenters. The topological polar surface area (TPSA) is 96.9 Å². The summed E-state index contributed by atoms with van der Waals surface area (Å²) in [5, 5.41) is 5.66. The largest absolute Gasteiger partial charge is 0.489 e. The number of hydrogen-bond acceptors (Lipinski definition) is 6. The minimum atomic E-state index is -3.78. The smallest absolute Gasteiger partial charge is 0.273 e. The van der Waals surface area contributed by atoms with Gasteiger partial charge >= 0.3 is 0 Å². The molecule has 172 valence electrons. The molecule has 1 aromatic heterocycles. The fraction of sp³-hybridized carbons (Fsp3) is 0.0400. The van der Waals surface area contributed by atoms with Gasteiger partial charge in [0, 0.05) is 0 Å². The summed E-state index contributed by atoms with van der Waals surface area (Å²) in [7, 11) is -3.78. The lowest BCUT2D eigenvalue weighted by Crippen LogP contribution is -2.21. The van der Waals surface area contributed by atoms with Crippen molar-refractivity contribution in [3.8, 4) is 5.75 Å². The van der Waals surface area contributed by atoms with Crippen LogP contribution >= 0.6 is 11.3 Å². The third-order valence-corrected chi connectivity index (χ3v) is 7.45. The molecule has 4 aromatic rings. The highest BCUT2D eigenvalue weighted by Gasteiger charge is 2.19. The van der Waals surface area contributed by atoms with E-state index in [9.17, 15) is 13.2 Å². The lowest BCUT2D eigenvalue weighted by Gasteiger charge is -2.10. The average Bonchev–Trinajstić information content (AvgIpc) is 3.41. The molecule has 0 aliphatic rings. The number of hydrazone groups is 1. The van der Waals surface area contributed by atoms with Crippen molar-refractivity contribution in [2.24, 2.45) is 5.10 Å². The molecule has 1 heterocycles. The quantitative estimate of drug-likeness (QED) is 0.257. The van der Waals surface area contributed by atoms with E-state index in [1.165, 1.54) is 24.4 Å². The first-order valence-corrected chi connectivity index (χ1v) is 12.6. The molecule has 2 N–H and O–H groups in total. The molecule has 34 heavy (non-hydrogen) atoms. The van der Waals surface area contributed by atoms with Crippen molar-refractivity contribution in [1.29, 1.82) is 0 Å². The number of ether oxygens (including phenoxy) is 1. The van der Waals surface area contributed by atoms with Crippen LogP contribution in [0.15, 0.2) is 106 Å². The number of rotatable bonds is 9. The van der Waals surface area contributed by atoms with E-state index in [1.807, 2.05) is 54.6 Å². The molecule has 1 amide bonds. The number of carbonyl (C=O) groups is 1. The standard InChI is InChI=1S/C25H21N3O4S2/c29-25(22-9-4-5-10-23(22)28-34(30,31)24-11-6-16-33-24)27-26-17-19-12-14-21(15-13-19)32-18-20-7-2-1-3-8-20/h1-17,28H,18H2,(H,27,29)/b26-17-. The number of carbonyl (C=O) groups excluding carboxylic acids is 1. The van der Waals surface area contributed by atoms with Gasteiger partial charge in [-0.15, -0.1) is 11.3 Å². The highest BCUT2D eigenvalue weighted by molar-refractivity contribution is 7.94. The van der Waals surface area contributed by atoms with Crippen LogP contribution in [0.25, 0.3) is 0 Å². The number of amides is 1. The fourth-order valence-corrected chi connectivity index (χ4v) is 5.07. The predicted molar refractivity (Wildman–Crippen MR) is 134 cm³/mol. The van der Waals surface area contributed by atoms with Crippen LogP contribution in [0, 0.1) is 0 Å². The van der Waals surface area contributed by atoms with Crippen LogP contribution in [-0.4, -0.2) is 20.5 Å². The first-order chi connectivity index (χ1) is 16.5. The van der Waals surface area contributed by atoms with Gasteiger partial charge in [-0.05, 0) is 59.0 Å². The van der Waals surface area contributed by atoms with Gasteiger partial charge in [0.15, 0.2) is 0 Å². The molecule has 0 unspecified atom stereocenters. The Kier molecular flexibility index (Phi) is 7.36. The summed E-state index contributed by atoms with van der Waals surface area (Å²) in [5.74, 6) is 0.181. The van der Waals surface area contributed by atoms with Crippen molar-refractivity contribution in [1.82, 2.24) is 5.43 Å². The van der Waals surface area contributed by atoms with Gasteiger partial charge in [-0.2, -0.15) is 5.10 Å². The van der Waals surface area contributed by atoms with E-state index >= 15 is 0 Å². The summed E-state index contributed by atoms with van der Waals surface area (Å²) in [6, 6.07) is 26.6. The normalized spacial score (nSPS) is 11.3. The van der Waals surface area contributed by atoms with E-state index < -0.39 is 15.9 Å². The van der Waals surface area contributed by atoms with Crippen LogP contribution in [0.5, 0.6) is 5.75 Å². The molecule has 0 aliphatic carbocycles. The maximum absolute atomic E-state index is 12.6. The number of anilines is 1. The van der Waals surface area contributed by atoms with Gasteiger partial charge in [-0.3, -0.25) is 9.52 Å². The average molecular weight is 492 g/mol. The van der Waals surface area contributed by atoms with Crippen molar-refractivity contribution in [2.45, 2.75) is 10.8 Å². The number of thiophene rings is 1. The fourth-order valence-electron chi connectivity index (χ4n) is 3.00. The third kappa shape index (κ3) is 6.09. The SMILES string of the molecule is O=C(N/N=C\c1ccc(OCc2ccccc2)cc1)c1ccccc1NS(=O)(=O)c1cccs1. The number of benzene rings is 3. The minimum absolute atomic E-state index is 0.157. The molecule has 7 nitrogen and oxygen atoms in total.